The summed E-state index contributed by atoms with van der Waals surface area (Å²) in [5.74, 6) is -0.908. The summed E-state index contributed by atoms with van der Waals surface area (Å²) in [4.78, 5) is 66.0. The minimum absolute atomic E-state index is 0.0696. The quantitative estimate of drug-likeness (QED) is 0.269. The normalized spacial score (nSPS) is 23.1. The van der Waals surface area contributed by atoms with Crippen molar-refractivity contribution in [3.8, 4) is 0 Å². The fraction of sp³-hybridized carbons (Fsp3) is 0.310. The lowest BCUT2D eigenvalue weighted by atomic mass is 9.85. The number of aromatic nitrogens is 4. The van der Waals surface area contributed by atoms with Crippen molar-refractivity contribution < 1.29 is 14.4 Å². The van der Waals surface area contributed by atoms with Gasteiger partial charge in [0.05, 0.1) is 18.2 Å². The first-order valence-corrected chi connectivity index (χ1v) is 13.4. The van der Waals surface area contributed by atoms with Crippen molar-refractivity contribution >= 4 is 45.6 Å². The first-order chi connectivity index (χ1) is 19.4. The maximum Gasteiger partial charge on any atom is 0.280 e. The number of benzene rings is 2. The largest absolute Gasteiger partial charge is 0.369 e. The van der Waals surface area contributed by atoms with E-state index in [9.17, 15) is 19.2 Å². The van der Waals surface area contributed by atoms with Gasteiger partial charge in [0.2, 0.25) is 23.7 Å². The Morgan fingerprint density at radius 2 is 1.75 bits per heavy atom. The van der Waals surface area contributed by atoms with E-state index in [0.717, 1.165) is 22.8 Å². The number of imidazole rings is 1. The van der Waals surface area contributed by atoms with Gasteiger partial charge in [-0.25, -0.2) is 4.98 Å². The maximum absolute atomic E-state index is 13.7. The Balaban J connectivity index is 1.15. The molecule has 0 unspecified atom stereocenters. The van der Waals surface area contributed by atoms with Crippen LogP contribution in [0.5, 0.6) is 0 Å². The highest BCUT2D eigenvalue weighted by atomic mass is 16.2. The Labute approximate surface area is 228 Å². The van der Waals surface area contributed by atoms with E-state index in [-0.39, 0.29) is 84.7 Å². The number of anilines is 1. The number of allylic oxidation sites excluding steroid dienone is 2. The second kappa shape index (κ2) is 9.15. The Bertz CT molecular complexity index is 1760. The number of carbonyl (C=O) groups excluding carboxylic acids is 3. The van der Waals surface area contributed by atoms with Crippen LogP contribution in [0.25, 0.3) is 21.9 Å². The first kappa shape index (κ1) is 24.3. The topological polar surface area (TPSA) is 147 Å². The van der Waals surface area contributed by atoms with Crippen molar-refractivity contribution in [2.24, 2.45) is 23.7 Å². The van der Waals surface area contributed by atoms with Gasteiger partial charge in [-0.15, -0.1) is 0 Å². The highest BCUT2D eigenvalue weighted by Crippen LogP contribution is 2.52. The molecule has 11 nitrogen and oxygen atoms in total. The lowest BCUT2D eigenvalue weighted by Gasteiger charge is -2.26. The third-order valence-corrected chi connectivity index (χ3v) is 8.49. The van der Waals surface area contributed by atoms with Crippen LogP contribution < -0.4 is 11.3 Å². The Hall–Kier alpha value is -4.80. The standard InChI is InChI=1S/C29H27N7O4/c30-29-32-25-24(26(38)33-29)31-15-35(25)14-21(37)34(13-16-5-6-17-3-1-2-4-18(17)11-16)9-10-36-27(39)22-19-7-8-20(12-19)23(22)28(36)40/h1-8,11,15,19-20,22-23H,9-10,12-14H2,(H3,30,32,33,38)/t19-,20+,22+,23-. The highest BCUT2D eigenvalue weighted by molar-refractivity contribution is 6.06. The second-order valence-electron chi connectivity index (χ2n) is 10.8. The van der Waals surface area contributed by atoms with Crippen LogP contribution >= 0.6 is 0 Å². The summed E-state index contributed by atoms with van der Waals surface area (Å²) < 4.78 is 1.48. The van der Waals surface area contributed by atoms with Gasteiger partial charge in [-0.3, -0.25) is 29.1 Å². The molecule has 3 amide bonds. The van der Waals surface area contributed by atoms with Crippen LogP contribution in [0, 0.1) is 23.7 Å². The molecule has 2 aromatic heterocycles. The number of hydrogen-bond acceptors (Lipinski definition) is 7. The van der Waals surface area contributed by atoms with Crippen LogP contribution in [-0.2, 0) is 27.5 Å². The minimum atomic E-state index is -0.484. The molecule has 3 aliphatic rings. The molecule has 40 heavy (non-hydrogen) atoms. The molecule has 3 N–H and O–H groups in total. The summed E-state index contributed by atoms with van der Waals surface area (Å²) in [6.07, 6.45) is 6.39. The predicted molar refractivity (Wildman–Crippen MR) is 146 cm³/mol. The molecular weight excluding hydrogens is 510 g/mol. The van der Waals surface area contributed by atoms with Gasteiger partial charge in [-0.2, -0.15) is 4.98 Å². The zero-order valence-corrected chi connectivity index (χ0v) is 21.6. The van der Waals surface area contributed by atoms with Crippen molar-refractivity contribution in [3.05, 3.63) is 76.9 Å². The number of imide groups is 1. The highest BCUT2D eigenvalue weighted by Gasteiger charge is 2.59. The number of nitrogens with one attached hydrogen (secondary N) is 1. The van der Waals surface area contributed by atoms with Crippen LogP contribution in [-0.4, -0.2) is 60.1 Å². The van der Waals surface area contributed by atoms with Crippen molar-refractivity contribution in [2.75, 3.05) is 18.8 Å². The summed E-state index contributed by atoms with van der Waals surface area (Å²) in [6, 6.07) is 14.0. The van der Waals surface area contributed by atoms with Crippen LogP contribution in [0.15, 0.2) is 65.7 Å². The molecule has 4 aromatic rings. The van der Waals surface area contributed by atoms with E-state index in [1.165, 1.54) is 15.8 Å². The van der Waals surface area contributed by atoms with E-state index < -0.39 is 5.56 Å². The number of amides is 3. The molecule has 2 fully saturated rings. The molecule has 2 bridgehead atoms. The van der Waals surface area contributed by atoms with Crippen LogP contribution in [0.4, 0.5) is 5.95 Å². The summed E-state index contributed by atoms with van der Waals surface area (Å²) in [5, 5.41) is 2.14. The first-order valence-electron chi connectivity index (χ1n) is 13.4. The smallest absolute Gasteiger partial charge is 0.280 e. The fourth-order valence-electron chi connectivity index (χ4n) is 6.59. The number of likely N-dealkylation sites (tertiary alicyclic amines) is 1. The molecule has 3 heterocycles. The molecule has 0 spiro atoms. The van der Waals surface area contributed by atoms with Crippen molar-refractivity contribution in [3.63, 3.8) is 0 Å². The van der Waals surface area contributed by atoms with E-state index in [1.54, 1.807) is 4.90 Å². The van der Waals surface area contributed by atoms with Gasteiger partial charge in [0, 0.05) is 19.6 Å². The number of H-pyrrole nitrogens is 1. The molecule has 7 rings (SSSR count). The van der Waals surface area contributed by atoms with Gasteiger partial charge in [0.1, 0.15) is 6.54 Å². The van der Waals surface area contributed by atoms with E-state index in [0.29, 0.717) is 0 Å². The van der Waals surface area contributed by atoms with Gasteiger partial charge in [-0.05, 0) is 40.7 Å². The van der Waals surface area contributed by atoms with E-state index in [2.05, 4.69) is 27.1 Å². The number of rotatable bonds is 7. The Morgan fingerprint density at radius 3 is 2.50 bits per heavy atom. The number of fused-ring (bicyclic) bond motifs is 7. The van der Waals surface area contributed by atoms with Gasteiger partial charge < -0.3 is 15.2 Å². The van der Waals surface area contributed by atoms with E-state index in [1.807, 2.05) is 42.5 Å². The molecule has 1 saturated carbocycles. The molecule has 0 radical (unpaired) electrons. The van der Waals surface area contributed by atoms with E-state index in [4.69, 9.17) is 5.73 Å². The monoisotopic (exact) mass is 537 g/mol. The minimum Gasteiger partial charge on any atom is -0.369 e. The van der Waals surface area contributed by atoms with Gasteiger partial charge >= 0.3 is 0 Å². The molecular formula is C29H27N7O4. The van der Waals surface area contributed by atoms with Crippen molar-refractivity contribution in [1.82, 2.24) is 29.3 Å². The molecule has 202 valence electrons. The Kier molecular flexibility index (Phi) is 5.55. The number of hydrogen-bond donors (Lipinski definition) is 2. The molecule has 2 aromatic carbocycles. The third-order valence-electron chi connectivity index (χ3n) is 8.49. The number of carbonyl (C=O) groups is 3. The van der Waals surface area contributed by atoms with Gasteiger partial charge in [0.15, 0.2) is 11.2 Å². The van der Waals surface area contributed by atoms with Crippen LogP contribution in [0.1, 0.15) is 12.0 Å². The average molecular weight is 538 g/mol. The number of nitrogen functional groups attached to an aromatic ring is 1. The number of nitrogens with zero attached hydrogens (tertiary/aromatic N) is 5. The summed E-state index contributed by atoms with van der Waals surface area (Å²) >= 11 is 0. The molecule has 11 heteroatoms. The van der Waals surface area contributed by atoms with E-state index >= 15 is 0 Å². The molecule has 2 aliphatic carbocycles. The van der Waals surface area contributed by atoms with Crippen LogP contribution in [0.2, 0.25) is 0 Å². The molecule has 1 aliphatic heterocycles. The summed E-state index contributed by atoms with van der Waals surface area (Å²) in [7, 11) is 0. The van der Waals surface area contributed by atoms with Crippen LogP contribution in [0.3, 0.4) is 0 Å². The zero-order valence-electron chi connectivity index (χ0n) is 21.6. The molecule has 4 atom stereocenters. The maximum atomic E-state index is 13.7. The lowest BCUT2D eigenvalue weighted by molar-refractivity contribution is -0.142. The lowest BCUT2D eigenvalue weighted by Crippen LogP contribution is -2.42. The second-order valence-corrected chi connectivity index (χ2v) is 10.8. The van der Waals surface area contributed by atoms with Gasteiger partial charge in [0.25, 0.3) is 5.56 Å². The average Bonchev–Trinajstić information content (AvgIpc) is 3.71. The Morgan fingerprint density at radius 1 is 1.02 bits per heavy atom. The summed E-state index contributed by atoms with van der Waals surface area (Å²) in [5.41, 5.74) is 6.45. The van der Waals surface area contributed by atoms with Gasteiger partial charge in [-0.1, -0.05) is 48.6 Å². The van der Waals surface area contributed by atoms with Crippen molar-refractivity contribution in [2.45, 2.75) is 19.5 Å². The fourth-order valence-corrected chi connectivity index (χ4v) is 6.59. The zero-order chi connectivity index (χ0) is 27.5. The summed E-state index contributed by atoms with van der Waals surface area (Å²) in [6.45, 7) is 0.441. The SMILES string of the molecule is Nc1nc2c(ncn2CC(=O)N(CCN2C(=O)[C@@H]3[C@H](C2=O)[C@H]2C=C[C@@H]3C2)Cc2ccc3ccccc3c2)c(=O)[nH]1. The number of aromatic amines is 1. The number of nitrogens with two attached hydrogens (primary N) is 1. The third kappa shape index (κ3) is 3.88. The predicted octanol–water partition coefficient (Wildman–Crippen LogP) is 1.69. The molecule has 1 saturated heterocycles. The van der Waals surface area contributed by atoms with Crippen molar-refractivity contribution in [1.29, 1.82) is 0 Å².